The van der Waals surface area contributed by atoms with Gasteiger partial charge in [0.1, 0.15) is 5.25 Å². The number of carbonyl (C=O) groups excluding carboxylic acids is 2. The van der Waals surface area contributed by atoms with Gasteiger partial charge >= 0.3 is 5.97 Å². The molecule has 2 rings (SSSR count). The van der Waals surface area contributed by atoms with Crippen LogP contribution in [0.25, 0.3) is 0 Å². The molecule has 116 valence electrons. The fourth-order valence-corrected chi connectivity index (χ4v) is 2.85. The van der Waals surface area contributed by atoms with E-state index in [0.29, 0.717) is 16.3 Å². The Balaban J connectivity index is 2.16. The molecule has 0 fully saturated rings. The molecule has 0 aliphatic heterocycles. The summed E-state index contributed by atoms with van der Waals surface area (Å²) in [6, 6.07) is 8.83. The standard InChI is InChI=1S/C15H17N3O3S/c1-10(15(20)21-3)22-12-7-5-4-6-11(12)14(19)16-13-8-9-18(2)17-13/h4-10H,1-3H3,(H,16,17,19). The van der Waals surface area contributed by atoms with Crippen LogP contribution in [0.3, 0.4) is 0 Å². The van der Waals surface area contributed by atoms with Crippen LogP contribution >= 0.6 is 11.8 Å². The van der Waals surface area contributed by atoms with Gasteiger partial charge in [-0.1, -0.05) is 12.1 Å². The SMILES string of the molecule is COC(=O)C(C)Sc1ccccc1C(=O)Nc1ccn(C)n1. The van der Waals surface area contributed by atoms with Crippen molar-refractivity contribution >= 4 is 29.5 Å². The fourth-order valence-electron chi connectivity index (χ4n) is 1.83. The van der Waals surface area contributed by atoms with E-state index in [1.165, 1.54) is 18.9 Å². The Morgan fingerprint density at radius 3 is 2.68 bits per heavy atom. The molecule has 1 atom stereocenters. The number of anilines is 1. The first-order valence-electron chi connectivity index (χ1n) is 6.65. The van der Waals surface area contributed by atoms with Gasteiger partial charge in [0.25, 0.3) is 5.91 Å². The molecule has 1 aromatic heterocycles. The highest BCUT2D eigenvalue weighted by Gasteiger charge is 2.19. The second-order valence-electron chi connectivity index (χ2n) is 4.61. The van der Waals surface area contributed by atoms with E-state index in [2.05, 4.69) is 10.4 Å². The van der Waals surface area contributed by atoms with Crippen molar-refractivity contribution in [3.63, 3.8) is 0 Å². The summed E-state index contributed by atoms with van der Waals surface area (Å²) < 4.78 is 6.32. The Morgan fingerprint density at radius 1 is 1.32 bits per heavy atom. The zero-order valence-electron chi connectivity index (χ0n) is 12.6. The molecule has 0 spiro atoms. The summed E-state index contributed by atoms with van der Waals surface area (Å²) in [5.74, 6) is -0.114. The van der Waals surface area contributed by atoms with Crippen molar-refractivity contribution in [3.05, 3.63) is 42.1 Å². The van der Waals surface area contributed by atoms with Gasteiger partial charge in [0.15, 0.2) is 5.82 Å². The van der Waals surface area contributed by atoms with Gasteiger partial charge in [0.2, 0.25) is 0 Å². The summed E-state index contributed by atoms with van der Waals surface area (Å²) >= 11 is 1.29. The van der Waals surface area contributed by atoms with E-state index in [4.69, 9.17) is 4.74 Å². The number of benzene rings is 1. The molecule has 0 saturated carbocycles. The molecule has 7 heteroatoms. The third-order valence-electron chi connectivity index (χ3n) is 2.92. The Labute approximate surface area is 132 Å². The molecule has 2 aromatic rings. The number of hydrogen-bond donors (Lipinski definition) is 1. The largest absolute Gasteiger partial charge is 0.468 e. The summed E-state index contributed by atoms with van der Waals surface area (Å²) in [5, 5.41) is 6.45. The van der Waals surface area contributed by atoms with E-state index in [0.717, 1.165) is 0 Å². The van der Waals surface area contributed by atoms with E-state index >= 15 is 0 Å². The molecular weight excluding hydrogens is 302 g/mol. The van der Waals surface area contributed by atoms with Crippen molar-refractivity contribution in [1.29, 1.82) is 0 Å². The number of ether oxygens (including phenoxy) is 1. The van der Waals surface area contributed by atoms with Crippen LogP contribution in [0.15, 0.2) is 41.4 Å². The van der Waals surface area contributed by atoms with Crippen molar-refractivity contribution in [3.8, 4) is 0 Å². The minimum absolute atomic E-state index is 0.265. The molecule has 0 bridgehead atoms. The topological polar surface area (TPSA) is 73.2 Å². The molecule has 0 aliphatic carbocycles. The van der Waals surface area contributed by atoms with E-state index in [9.17, 15) is 9.59 Å². The van der Waals surface area contributed by atoms with Crippen molar-refractivity contribution in [1.82, 2.24) is 9.78 Å². The van der Waals surface area contributed by atoms with Gasteiger partial charge in [0, 0.05) is 24.2 Å². The van der Waals surface area contributed by atoms with Gasteiger partial charge < -0.3 is 10.1 Å². The lowest BCUT2D eigenvalue weighted by Gasteiger charge is -2.12. The van der Waals surface area contributed by atoms with Crippen molar-refractivity contribution in [2.24, 2.45) is 7.05 Å². The van der Waals surface area contributed by atoms with Gasteiger partial charge in [-0.25, -0.2) is 0 Å². The lowest BCUT2D eigenvalue weighted by molar-refractivity contribution is -0.139. The molecule has 1 amide bonds. The van der Waals surface area contributed by atoms with Crippen LogP contribution in [0.5, 0.6) is 0 Å². The number of rotatable bonds is 5. The molecule has 0 aliphatic rings. The first-order valence-corrected chi connectivity index (χ1v) is 7.53. The second kappa shape index (κ2) is 7.13. The number of aromatic nitrogens is 2. The number of hydrogen-bond acceptors (Lipinski definition) is 5. The molecule has 6 nitrogen and oxygen atoms in total. The van der Waals surface area contributed by atoms with E-state index < -0.39 is 5.25 Å². The highest BCUT2D eigenvalue weighted by atomic mass is 32.2. The van der Waals surface area contributed by atoms with E-state index in [1.807, 2.05) is 6.07 Å². The molecule has 1 aromatic carbocycles. The maximum absolute atomic E-state index is 12.4. The lowest BCUT2D eigenvalue weighted by atomic mass is 10.2. The molecule has 0 saturated heterocycles. The third-order valence-corrected chi connectivity index (χ3v) is 4.08. The van der Waals surface area contributed by atoms with Crippen LogP contribution in [0.1, 0.15) is 17.3 Å². The Bertz CT molecular complexity index is 684. The Hall–Kier alpha value is -2.28. The molecule has 0 radical (unpaired) electrons. The average Bonchev–Trinajstić information content (AvgIpc) is 2.91. The van der Waals surface area contributed by atoms with Crippen molar-refractivity contribution in [2.75, 3.05) is 12.4 Å². The number of nitrogens with one attached hydrogen (secondary N) is 1. The van der Waals surface area contributed by atoms with E-state index in [1.54, 1.807) is 49.1 Å². The van der Waals surface area contributed by atoms with Gasteiger partial charge in [-0.3, -0.25) is 14.3 Å². The summed E-state index contributed by atoms with van der Waals surface area (Å²) in [6.07, 6.45) is 1.75. The van der Waals surface area contributed by atoms with Crippen LogP contribution < -0.4 is 5.32 Å². The van der Waals surface area contributed by atoms with Crippen LogP contribution in [0.2, 0.25) is 0 Å². The molecule has 1 unspecified atom stereocenters. The van der Waals surface area contributed by atoms with Crippen LogP contribution in [0.4, 0.5) is 5.82 Å². The minimum atomic E-state index is -0.395. The zero-order valence-corrected chi connectivity index (χ0v) is 13.4. The zero-order chi connectivity index (χ0) is 16.1. The highest BCUT2D eigenvalue weighted by molar-refractivity contribution is 8.00. The van der Waals surface area contributed by atoms with Gasteiger partial charge in [-0.05, 0) is 19.1 Å². The fraction of sp³-hybridized carbons (Fsp3) is 0.267. The van der Waals surface area contributed by atoms with E-state index in [-0.39, 0.29) is 11.9 Å². The maximum atomic E-state index is 12.4. The summed E-state index contributed by atoms with van der Waals surface area (Å²) in [5.41, 5.74) is 0.494. The van der Waals surface area contributed by atoms with Gasteiger partial charge in [-0.2, -0.15) is 5.10 Å². The monoisotopic (exact) mass is 319 g/mol. The first kappa shape index (κ1) is 16.1. The Kier molecular flexibility index (Phi) is 5.21. The molecule has 22 heavy (non-hydrogen) atoms. The number of carbonyl (C=O) groups is 2. The number of aryl methyl sites for hydroxylation is 1. The predicted molar refractivity (Wildman–Crippen MR) is 84.9 cm³/mol. The van der Waals surface area contributed by atoms with Gasteiger partial charge in [0.05, 0.1) is 12.7 Å². The van der Waals surface area contributed by atoms with Gasteiger partial charge in [-0.15, -0.1) is 11.8 Å². The Morgan fingerprint density at radius 2 is 2.05 bits per heavy atom. The van der Waals surface area contributed by atoms with Crippen LogP contribution in [-0.4, -0.2) is 34.0 Å². The van der Waals surface area contributed by atoms with Crippen molar-refractivity contribution in [2.45, 2.75) is 17.1 Å². The smallest absolute Gasteiger partial charge is 0.318 e. The highest BCUT2D eigenvalue weighted by Crippen LogP contribution is 2.28. The number of esters is 1. The quantitative estimate of drug-likeness (QED) is 0.676. The molecule has 1 heterocycles. The lowest BCUT2D eigenvalue weighted by Crippen LogP contribution is -2.17. The van der Waals surface area contributed by atoms with Crippen LogP contribution in [0, 0.1) is 0 Å². The maximum Gasteiger partial charge on any atom is 0.318 e. The molecule has 1 N–H and O–H groups in total. The number of nitrogens with zero attached hydrogens (tertiary/aromatic N) is 2. The predicted octanol–water partition coefficient (Wildman–Crippen LogP) is 2.33. The summed E-state index contributed by atoms with van der Waals surface area (Å²) in [4.78, 5) is 24.6. The normalized spacial score (nSPS) is 11.8. The summed E-state index contributed by atoms with van der Waals surface area (Å²) in [7, 11) is 3.12. The number of amides is 1. The second-order valence-corrected chi connectivity index (χ2v) is 5.99. The molecular formula is C15H17N3O3S. The van der Waals surface area contributed by atoms with Crippen LogP contribution in [-0.2, 0) is 16.6 Å². The first-order chi connectivity index (χ1) is 10.5. The number of thioether (sulfide) groups is 1. The summed E-state index contributed by atoms with van der Waals surface area (Å²) in [6.45, 7) is 1.74. The third kappa shape index (κ3) is 3.88. The average molecular weight is 319 g/mol. The van der Waals surface area contributed by atoms with Crippen molar-refractivity contribution < 1.29 is 14.3 Å². The number of methoxy groups -OCH3 is 1. The minimum Gasteiger partial charge on any atom is -0.468 e.